The summed E-state index contributed by atoms with van der Waals surface area (Å²) in [6, 6.07) is 5.48. The molecule has 0 atom stereocenters. The molecule has 0 saturated heterocycles. The summed E-state index contributed by atoms with van der Waals surface area (Å²) in [5.74, 6) is -2.46. The number of hydrogen-bond acceptors (Lipinski definition) is 2. The van der Waals surface area contributed by atoms with Crippen molar-refractivity contribution in [1.29, 1.82) is 0 Å². The molecule has 0 aliphatic rings. The van der Waals surface area contributed by atoms with E-state index in [9.17, 15) is 9.59 Å². The van der Waals surface area contributed by atoms with Gasteiger partial charge in [0.05, 0.1) is 11.1 Å². The first kappa shape index (κ1) is 11.9. The second-order valence-corrected chi connectivity index (χ2v) is 2.16. The van der Waals surface area contributed by atoms with E-state index in [4.69, 9.17) is 10.2 Å². The van der Waals surface area contributed by atoms with E-state index in [1.54, 1.807) is 0 Å². The molecule has 0 fully saturated rings. The molecule has 2 N–H and O–H groups in total. The van der Waals surface area contributed by atoms with Gasteiger partial charge in [-0.3, -0.25) is 0 Å². The summed E-state index contributed by atoms with van der Waals surface area (Å²) >= 11 is 0. The molecule has 1 aromatic carbocycles. The Labute approximate surface area is 93.3 Å². The predicted octanol–water partition coefficient (Wildman–Crippen LogP) is 0.927. The summed E-state index contributed by atoms with van der Waals surface area (Å²) < 4.78 is 0. The molecular weight excluding hydrogens is 184 g/mol. The SMILES string of the molecule is O=C(O)c1ccccc1C(=O)O.[H-].[H-].[Mg+2]. The fraction of sp³-hybridized carbons (Fsp3) is 0. The summed E-state index contributed by atoms with van der Waals surface area (Å²) in [5, 5.41) is 17.1. The van der Waals surface area contributed by atoms with E-state index in [1.807, 2.05) is 0 Å². The van der Waals surface area contributed by atoms with Crippen molar-refractivity contribution >= 4 is 35.0 Å². The molecular formula is C8H8MgO4. The number of benzene rings is 1. The van der Waals surface area contributed by atoms with Gasteiger partial charge in [-0.05, 0) is 12.1 Å². The van der Waals surface area contributed by atoms with Crippen molar-refractivity contribution in [1.82, 2.24) is 0 Å². The smallest absolute Gasteiger partial charge is 1.00 e. The molecule has 66 valence electrons. The number of carboxylic acid groups (broad SMARTS) is 2. The second kappa shape index (κ2) is 4.83. The quantitative estimate of drug-likeness (QED) is 0.684. The maximum Gasteiger partial charge on any atom is 2.00 e. The van der Waals surface area contributed by atoms with E-state index in [0.29, 0.717) is 0 Å². The van der Waals surface area contributed by atoms with Gasteiger partial charge in [0, 0.05) is 0 Å². The van der Waals surface area contributed by atoms with E-state index in [-0.39, 0.29) is 37.0 Å². The summed E-state index contributed by atoms with van der Waals surface area (Å²) in [6.07, 6.45) is 0. The van der Waals surface area contributed by atoms with Gasteiger partial charge in [0.2, 0.25) is 0 Å². The van der Waals surface area contributed by atoms with E-state index in [2.05, 4.69) is 0 Å². The van der Waals surface area contributed by atoms with Gasteiger partial charge >= 0.3 is 35.0 Å². The average Bonchev–Trinajstić information content (AvgIpc) is 2.04. The van der Waals surface area contributed by atoms with Gasteiger partial charge in [-0.1, -0.05) is 12.1 Å². The Balaban J connectivity index is -0.000000480. The van der Waals surface area contributed by atoms with Gasteiger partial charge in [-0.15, -0.1) is 0 Å². The normalized spacial score (nSPS) is 8.62. The minimum absolute atomic E-state index is 0. The van der Waals surface area contributed by atoms with Crippen LogP contribution in [0.1, 0.15) is 23.6 Å². The first-order valence-corrected chi connectivity index (χ1v) is 3.18. The molecule has 0 bridgehead atoms. The van der Waals surface area contributed by atoms with Crippen LogP contribution < -0.4 is 0 Å². The molecule has 0 aliphatic carbocycles. The molecule has 0 aromatic heterocycles. The number of carbonyl (C=O) groups is 2. The van der Waals surface area contributed by atoms with Crippen LogP contribution in [0.15, 0.2) is 24.3 Å². The van der Waals surface area contributed by atoms with E-state index < -0.39 is 11.9 Å². The monoisotopic (exact) mass is 192 g/mol. The van der Waals surface area contributed by atoms with E-state index in [0.717, 1.165) is 0 Å². The van der Waals surface area contributed by atoms with Crippen molar-refractivity contribution in [3.63, 3.8) is 0 Å². The molecule has 1 rings (SSSR count). The molecule has 0 spiro atoms. The Morgan fingerprint density at radius 3 is 1.54 bits per heavy atom. The number of hydrogen-bond donors (Lipinski definition) is 2. The first-order chi connectivity index (χ1) is 5.63. The van der Waals surface area contributed by atoms with Crippen molar-refractivity contribution in [2.24, 2.45) is 0 Å². The van der Waals surface area contributed by atoms with Crippen LogP contribution in [0.5, 0.6) is 0 Å². The van der Waals surface area contributed by atoms with Crippen LogP contribution >= 0.6 is 0 Å². The van der Waals surface area contributed by atoms with Crippen molar-refractivity contribution in [3.05, 3.63) is 35.4 Å². The van der Waals surface area contributed by atoms with Crippen LogP contribution in [0.3, 0.4) is 0 Å². The largest absolute Gasteiger partial charge is 2.00 e. The topological polar surface area (TPSA) is 74.6 Å². The Hall–Kier alpha value is -1.07. The Bertz CT molecular complexity index is 310. The van der Waals surface area contributed by atoms with Crippen LogP contribution in [-0.2, 0) is 0 Å². The standard InChI is InChI=1S/C8H6O4.Mg.2H/c9-7(10)5-3-1-2-4-6(5)8(11)12;;;/h1-4H,(H,9,10)(H,11,12);;;/q;+2;2*-1. The minimum atomic E-state index is -1.23. The average molecular weight is 192 g/mol. The fourth-order valence-corrected chi connectivity index (χ4v) is 0.856. The summed E-state index contributed by atoms with van der Waals surface area (Å²) in [6.45, 7) is 0. The van der Waals surface area contributed by atoms with Crippen LogP contribution in [-0.4, -0.2) is 45.2 Å². The van der Waals surface area contributed by atoms with Crippen molar-refractivity contribution in [2.75, 3.05) is 0 Å². The summed E-state index contributed by atoms with van der Waals surface area (Å²) in [7, 11) is 0. The molecule has 0 unspecified atom stereocenters. The zero-order valence-corrected chi connectivity index (χ0v) is 8.14. The molecule has 0 aliphatic heterocycles. The predicted molar refractivity (Wildman–Crippen MR) is 48.3 cm³/mol. The van der Waals surface area contributed by atoms with Crippen LogP contribution in [0.4, 0.5) is 0 Å². The second-order valence-electron chi connectivity index (χ2n) is 2.16. The minimum Gasteiger partial charge on any atom is -1.00 e. The maximum atomic E-state index is 10.5. The van der Waals surface area contributed by atoms with E-state index in [1.165, 1.54) is 24.3 Å². The molecule has 1 aromatic rings. The van der Waals surface area contributed by atoms with Gasteiger partial charge in [0.1, 0.15) is 0 Å². The maximum absolute atomic E-state index is 10.5. The third-order valence-electron chi connectivity index (χ3n) is 1.39. The fourth-order valence-electron chi connectivity index (χ4n) is 0.856. The number of aromatic carboxylic acids is 2. The molecule has 5 heteroatoms. The van der Waals surface area contributed by atoms with Gasteiger partial charge < -0.3 is 13.1 Å². The Morgan fingerprint density at radius 2 is 1.31 bits per heavy atom. The van der Waals surface area contributed by atoms with Gasteiger partial charge in [0.15, 0.2) is 0 Å². The summed E-state index contributed by atoms with van der Waals surface area (Å²) in [4.78, 5) is 20.9. The van der Waals surface area contributed by atoms with Crippen LogP contribution in [0, 0.1) is 0 Å². The number of rotatable bonds is 2. The molecule has 13 heavy (non-hydrogen) atoms. The third kappa shape index (κ3) is 2.71. The molecule has 0 amide bonds. The van der Waals surface area contributed by atoms with Crippen molar-refractivity contribution in [3.8, 4) is 0 Å². The Morgan fingerprint density at radius 1 is 1.00 bits per heavy atom. The van der Waals surface area contributed by atoms with Crippen molar-refractivity contribution in [2.45, 2.75) is 0 Å². The van der Waals surface area contributed by atoms with Crippen molar-refractivity contribution < 1.29 is 22.7 Å². The van der Waals surface area contributed by atoms with Crippen LogP contribution in [0.2, 0.25) is 0 Å². The number of carboxylic acids is 2. The summed E-state index contributed by atoms with van der Waals surface area (Å²) in [5.41, 5.74) is -0.380. The molecule has 4 nitrogen and oxygen atoms in total. The Kier molecular flexibility index (Phi) is 4.43. The zero-order valence-electron chi connectivity index (χ0n) is 8.73. The molecule has 0 heterocycles. The van der Waals surface area contributed by atoms with E-state index >= 15 is 0 Å². The first-order valence-electron chi connectivity index (χ1n) is 3.18. The zero-order chi connectivity index (χ0) is 9.14. The van der Waals surface area contributed by atoms with Gasteiger partial charge in [-0.2, -0.15) is 0 Å². The molecule has 0 radical (unpaired) electrons. The van der Waals surface area contributed by atoms with Gasteiger partial charge in [0.25, 0.3) is 0 Å². The third-order valence-corrected chi connectivity index (χ3v) is 1.39. The molecule has 0 saturated carbocycles. The van der Waals surface area contributed by atoms with Gasteiger partial charge in [-0.25, -0.2) is 9.59 Å². The van der Waals surface area contributed by atoms with Crippen LogP contribution in [0.25, 0.3) is 0 Å².